The van der Waals surface area contributed by atoms with Crippen LogP contribution in [0, 0.1) is 0 Å². The molecule has 0 atom stereocenters. The third-order valence-electron chi connectivity index (χ3n) is 3.82. The van der Waals surface area contributed by atoms with E-state index in [4.69, 9.17) is 0 Å². The summed E-state index contributed by atoms with van der Waals surface area (Å²) >= 11 is 3.06. The SMILES string of the molecule is O=C(Nc1ccccc1-c1ccc(O)cc1)c1csc(-c2cccs2)n1. The Morgan fingerprint density at radius 2 is 1.77 bits per heavy atom. The lowest BCUT2D eigenvalue weighted by atomic mass is 10.0. The summed E-state index contributed by atoms with van der Waals surface area (Å²) < 4.78 is 0. The first-order chi connectivity index (χ1) is 12.7. The van der Waals surface area contributed by atoms with Crippen molar-refractivity contribution in [2.24, 2.45) is 0 Å². The van der Waals surface area contributed by atoms with Crippen LogP contribution in [0.4, 0.5) is 5.69 Å². The van der Waals surface area contributed by atoms with Crippen molar-refractivity contribution < 1.29 is 9.90 Å². The predicted molar refractivity (Wildman–Crippen MR) is 107 cm³/mol. The molecular formula is C20H14N2O2S2. The van der Waals surface area contributed by atoms with Gasteiger partial charge in [0.05, 0.1) is 4.88 Å². The zero-order valence-corrected chi connectivity index (χ0v) is 15.2. The fraction of sp³-hybridized carbons (Fsp3) is 0. The molecule has 1 amide bonds. The van der Waals surface area contributed by atoms with Crippen molar-refractivity contribution in [2.45, 2.75) is 0 Å². The number of hydrogen-bond acceptors (Lipinski definition) is 5. The summed E-state index contributed by atoms with van der Waals surface area (Å²) in [7, 11) is 0. The molecule has 2 aromatic carbocycles. The van der Waals surface area contributed by atoms with Crippen LogP contribution in [0.2, 0.25) is 0 Å². The van der Waals surface area contributed by atoms with E-state index < -0.39 is 0 Å². The second-order valence-corrected chi connectivity index (χ2v) is 7.37. The number of phenols is 1. The van der Waals surface area contributed by atoms with Crippen molar-refractivity contribution in [3.05, 3.63) is 77.1 Å². The zero-order chi connectivity index (χ0) is 17.9. The summed E-state index contributed by atoms with van der Waals surface area (Å²) in [5, 5.41) is 17.0. The van der Waals surface area contributed by atoms with Crippen molar-refractivity contribution in [2.75, 3.05) is 5.32 Å². The minimum Gasteiger partial charge on any atom is -0.508 e. The highest BCUT2D eigenvalue weighted by atomic mass is 32.1. The molecule has 0 radical (unpaired) electrons. The second-order valence-electron chi connectivity index (χ2n) is 5.56. The number of aromatic nitrogens is 1. The van der Waals surface area contributed by atoms with Crippen molar-refractivity contribution >= 4 is 34.3 Å². The molecule has 0 spiro atoms. The lowest BCUT2D eigenvalue weighted by molar-refractivity contribution is 0.102. The third kappa shape index (κ3) is 3.37. The van der Waals surface area contributed by atoms with Crippen LogP contribution in [-0.2, 0) is 0 Å². The van der Waals surface area contributed by atoms with Gasteiger partial charge < -0.3 is 10.4 Å². The van der Waals surface area contributed by atoms with Gasteiger partial charge in [0, 0.05) is 16.6 Å². The van der Waals surface area contributed by atoms with Crippen molar-refractivity contribution in [1.29, 1.82) is 0 Å². The molecule has 2 N–H and O–H groups in total. The molecule has 0 aliphatic rings. The average molecular weight is 378 g/mol. The maximum atomic E-state index is 12.6. The predicted octanol–water partition coefficient (Wildman–Crippen LogP) is 5.50. The molecule has 0 saturated heterocycles. The molecule has 0 bridgehead atoms. The van der Waals surface area contributed by atoms with Crippen LogP contribution in [0.3, 0.4) is 0 Å². The van der Waals surface area contributed by atoms with E-state index in [2.05, 4.69) is 10.3 Å². The molecule has 0 aliphatic heterocycles. The van der Waals surface area contributed by atoms with Crippen molar-refractivity contribution in [3.63, 3.8) is 0 Å². The Balaban J connectivity index is 1.60. The topological polar surface area (TPSA) is 62.2 Å². The first-order valence-corrected chi connectivity index (χ1v) is 9.66. The molecule has 6 heteroatoms. The number of rotatable bonds is 4. The molecule has 26 heavy (non-hydrogen) atoms. The normalized spacial score (nSPS) is 10.6. The molecule has 0 fully saturated rings. The Bertz CT molecular complexity index is 1040. The van der Waals surface area contributed by atoms with Crippen molar-refractivity contribution in [1.82, 2.24) is 4.98 Å². The van der Waals surface area contributed by atoms with Gasteiger partial charge in [-0.2, -0.15) is 0 Å². The molecular weight excluding hydrogens is 364 g/mol. The number of amides is 1. The molecule has 0 unspecified atom stereocenters. The number of aromatic hydroxyl groups is 1. The summed E-state index contributed by atoms with van der Waals surface area (Å²) in [4.78, 5) is 18.1. The van der Waals surface area contributed by atoms with Gasteiger partial charge in [0.1, 0.15) is 16.5 Å². The number of benzene rings is 2. The summed E-state index contributed by atoms with van der Waals surface area (Å²) in [5.74, 6) is -0.0332. The minimum atomic E-state index is -0.240. The van der Waals surface area contributed by atoms with Gasteiger partial charge in [-0.25, -0.2) is 4.98 Å². The molecule has 4 nitrogen and oxygen atoms in total. The Kier molecular flexibility index (Phi) is 4.51. The smallest absolute Gasteiger partial charge is 0.275 e. The molecule has 128 valence electrons. The standard InChI is InChI=1S/C20H14N2O2S2/c23-14-9-7-13(8-10-14)15-4-1-2-5-16(15)21-19(24)17-12-26-20(22-17)18-6-3-11-25-18/h1-12,23H,(H,21,24). The number of phenolic OH excluding ortho intramolecular Hbond substituents is 1. The second kappa shape index (κ2) is 7.11. The number of nitrogens with zero attached hydrogens (tertiary/aromatic N) is 1. The van der Waals surface area contributed by atoms with Crippen LogP contribution in [-0.4, -0.2) is 16.0 Å². The van der Waals surface area contributed by atoms with Crippen LogP contribution < -0.4 is 5.32 Å². The quantitative estimate of drug-likeness (QED) is 0.493. The molecule has 4 rings (SSSR count). The molecule has 2 heterocycles. The van der Waals surface area contributed by atoms with E-state index in [1.165, 1.54) is 11.3 Å². The minimum absolute atomic E-state index is 0.207. The Hall–Kier alpha value is -2.96. The van der Waals surface area contributed by atoms with Gasteiger partial charge in [0.25, 0.3) is 5.91 Å². The maximum absolute atomic E-state index is 12.6. The lowest BCUT2D eigenvalue weighted by Crippen LogP contribution is -2.13. The summed E-state index contributed by atoms with van der Waals surface area (Å²) in [6, 6.07) is 18.4. The highest BCUT2D eigenvalue weighted by Crippen LogP contribution is 2.31. The monoisotopic (exact) mass is 378 g/mol. The van der Waals surface area contributed by atoms with Gasteiger partial charge in [-0.1, -0.05) is 36.4 Å². The highest BCUT2D eigenvalue weighted by molar-refractivity contribution is 7.20. The Morgan fingerprint density at radius 3 is 2.54 bits per heavy atom. The van der Waals surface area contributed by atoms with Crippen LogP contribution >= 0.6 is 22.7 Å². The van der Waals surface area contributed by atoms with E-state index in [9.17, 15) is 9.90 Å². The van der Waals surface area contributed by atoms with Gasteiger partial charge in [-0.15, -0.1) is 22.7 Å². The van der Waals surface area contributed by atoms with Gasteiger partial charge in [0.15, 0.2) is 0 Å². The van der Waals surface area contributed by atoms with Crippen molar-refractivity contribution in [3.8, 4) is 26.8 Å². The number of hydrogen-bond donors (Lipinski definition) is 2. The summed E-state index contributed by atoms with van der Waals surface area (Å²) in [5.41, 5.74) is 2.90. The Labute approximate surface area is 158 Å². The van der Waals surface area contributed by atoms with E-state index in [-0.39, 0.29) is 11.7 Å². The maximum Gasteiger partial charge on any atom is 0.275 e. The number of anilines is 1. The van der Waals surface area contributed by atoms with E-state index in [0.29, 0.717) is 11.4 Å². The van der Waals surface area contributed by atoms with Crippen LogP contribution in [0.5, 0.6) is 5.75 Å². The summed E-state index contributed by atoms with van der Waals surface area (Å²) in [6.07, 6.45) is 0. The van der Waals surface area contributed by atoms with E-state index in [0.717, 1.165) is 21.0 Å². The number of carbonyl (C=O) groups excluding carboxylic acids is 1. The number of thiazole rings is 1. The first-order valence-electron chi connectivity index (χ1n) is 7.90. The van der Waals surface area contributed by atoms with Gasteiger partial charge in [0.2, 0.25) is 0 Å². The van der Waals surface area contributed by atoms with Gasteiger partial charge in [-0.3, -0.25) is 4.79 Å². The van der Waals surface area contributed by atoms with Gasteiger partial charge >= 0.3 is 0 Å². The van der Waals surface area contributed by atoms with Crippen LogP contribution in [0.15, 0.2) is 71.4 Å². The van der Waals surface area contributed by atoms with E-state index >= 15 is 0 Å². The Morgan fingerprint density at radius 1 is 0.962 bits per heavy atom. The van der Waals surface area contributed by atoms with E-state index in [1.54, 1.807) is 28.8 Å². The first kappa shape index (κ1) is 16.5. The fourth-order valence-electron chi connectivity index (χ4n) is 2.56. The van der Waals surface area contributed by atoms with Crippen LogP contribution in [0.1, 0.15) is 10.5 Å². The molecule has 2 aromatic heterocycles. The molecule has 4 aromatic rings. The number of carbonyl (C=O) groups is 1. The molecule has 0 aliphatic carbocycles. The largest absolute Gasteiger partial charge is 0.508 e. The number of thiophene rings is 1. The average Bonchev–Trinajstić information content (AvgIpc) is 3.34. The third-order valence-corrected chi connectivity index (χ3v) is 5.70. The fourth-order valence-corrected chi connectivity index (χ4v) is 4.18. The zero-order valence-electron chi connectivity index (χ0n) is 13.5. The van der Waals surface area contributed by atoms with E-state index in [1.807, 2.05) is 53.9 Å². The lowest BCUT2D eigenvalue weighted by Gasteiger charge is -2.10. The van der Waals surface area contributed by atoms with Crippen LogP contribution in [0.25, 0.3) is 21.0 Å². The summed E-state index contributed by atoms with van der Waals surface area (Å²) in [6.45, 7) is 0. The number of para-hydroxylation sites is 1. The highest BCUT2D eigenvalue weighted by Gasteiger charge is 2.14. The van der Waals surface area contributed by atoms with Gasteiger partial charge in [-0.05, 0) is 35.2 Å². The molecule has 0 saturated carbocycles. The number of nitrogens with one attached hydrogen (secondary N) is 1.